The van der Waals surface area contributed by atoms with E-state index >= 15 is 0 Å². The maximum Gasteiger partial charge on any atom is 0.416 e. The lowest BCUT2D eigenvalue weighted by Gasteiger charge is -2.10. The Bertz CT molecular complexity index is 536. The molecule has 0 aliphatic heterocycles. The number of benzene rings is 1. The minimum Gasteiger partial charge on any atom is -0.382 e. The molecule has 2 N–H and O–H groups in total. The van der Waals surface area contributed by atoms with E-state index in [1.54, 1.807) is 0 Å². The number of anilines is 1. The Labute approximate surface area is 105 Å². The van der Waals surface area contributed by atoms with E-state index in [9.17, 15) is 17.6 Å². The molecule has 4 nitrogen and oxygen atoms in total. The van der Waals surface area contributed by atoms with Gasteiger partial charge in [0, 0.05) is 13.0 Å². The Kier molecular flexibility index (Phi) is 3.68. The van der Waals surface area contributed by atoms with Crippen molar-refractivity contribution >= 4 is 5.69 Å². The molecule has 102 valence electrons. The number of nitrogens with one attached hydrogen (secondary N) is 2. The van der Waals surface area contributed by atoms with Crippen LogP contribution >= 0.6 is 0 Å². The first-order valence-electron chi connectivity index (χ1n) is 5.41. The molecule has 2 aromatic rings. The molecule has 2 rings (SSSR count). The van der Waals surface area contributed by atoms with Gasteiger partial charge in [0.05, 0.1) is 11.3 Å². The summed E-state index contributed by atoms with van der Waals surface area (Å²) in [6.45, 7) is 0.331. The minimum atomic E-state index is -4.54. The molecule has 0 bridgehead atoms. The highest BCUT2D eigenvalue weighted by Crippen LogP contribution is 2.31. The van der Waals surface area contributed by atoms with E-state index in [1.165, 1.54) is 6.33 Å². The molecule has 0 radical (unpaired) electrons. The molecule has 0 aliphatic rings. The lowest BCUT2D eigenvalue weighted by Crippen LogP contribution is -2.09. The fourth-order valence-corrected chi connectivity index (χ4v) is 1.50. The summed E-state index contributed by atoms with van der Waals surface area (Å²) in [4.78, 5) is 3.87. The van der Waals surface area contributed by atoms with E-state index in [0.717, 1.165) is 12.1 Å². The van der Waals surface area contributed by atoms with E-state index in [2.05, 4.69) is 20.5 Å². The van der Waals surface area contributed by atoms with Gasteiger partial charge in [0.25, 0.3) is 0 Å². The van der Waals surface area contributed by atoms with Crippen LogP contribution in [0, 0.1) is 5.82 Å². The van der Waals surface area contributed by atoms with E-state index in [0.29, 0.717) is 24.9 Å². The number of halogens is 4. The molecule has 0 aliphatic carbocycles. The van der Waals surface area contributed by atoms with Crippen molar-refractivity contribution in [2.45, 2.75) is 12.6 Å². The third-order valence-corrected chi connectivity index (χ3v) is 2.44. The molecular formula is C11H10F4N4. The van der Waals surface area contributed by atoms with Crippen molar-refractivity contribution in [3.8, 4) is 0 Å². The first-order valence-corrected chi connectivity index (χ1v) is 5.41. The molecule has 1 aromatic carbocycles. The van der Waals surface area contributed by atoms with E-state index < -0.39 is 17.6 Å². The van der Waals surface area contributed by atoms with Crippen LogP contribution in [0.4, 0.5) is 23.2 Å². The number of aromatic amines is 1. The summed E-state index contributed by atoms with van der Waals surface area (Å²) in [5, 5.41) is 8.96. The first kappa shape index (κ1) is 13.3. The number of nitrogens with zero attached hydrogens (tertiary/aromatic N) is 2. The van der Waals surface area contributed by atoms with E-state index in [1.807, 2.05) is 0 Å². The molecule has 0 amide bonds. The highest BCUT2D eigenvalue weighted by Gasteiger charge is 2.31. The van der Waals surface area contributed by atoms with E-state index in [-0.39, 0.29) is 5.69 Å². The van der Waals surface area contributed by atoms with Crippen LogP contribution in [-0.2, 0) is 12.6 Å². The van der Waals surface area contributed by atoms with Crippen LogP contribution < -0.4 is 5.32 Å². The number of alkyl halides is 3. The van der Waals surface area contributed by atoms with Crippen molar-refractivity contribution < 1.29 is 17.6 Å². The van der Waals surface area contributed by atoms with Gasteiger partial charge in [-0.05, 0) is 18.2 Å². The summed E-state index contributed by atoms with van der Waals surface area (Å²) >= 11 is 0. The number of rotatable bonds is 4. The van der Waals surface area contributed by atoms with Gasteiger partial charge in [0.2, 0.25) is 0 Å². The average Bonchev–Trinajstić information content (AvgIpc) is 2.83. The van der Waals surface area contributed by atoms with Gasteiger partial charge in [-0.1, -0.05) is 0 Å². The van der Waals surface area contributed by atoms with Crippen LogP contribution in [0.25, 0.3) is 0 Å². The van der Waals surface area contributed by atoms with Crippen LogP contribution in [0.3, 0.4) is 0 Å². The van der Waals surface area contributed by atoms with Crippen LogP contribution in [0.15, 0.2) is 24.5 Å². The maximum atomic E-state index is 13.4. The fraction of sp³-hybridized carbons (Fsp3) is 0.273. The quantitative estimate of drug-likeness (QED) is 0.843. The van der Waals surface area contributed by atoms with Crippen molar-refractivity contribution in [1.82, 2.24) is 15.2 Å². The van der Waals surface area contributed by atoms with Gasteiger partial charge in [-0.25, -0.2) is 9.37 Å². The van der Waals surface area contributed by atoms with Gasteiger partial charge in [-0.15, -0.1) is 0 Å². The van der Waals surface area contributed by atoms with Crippen molar-refractivity contribution in [1.29, 1.82) is 0 Å². The Hall–Kier alpha value is -2.12. The Morgan fingerprint density at radius 1 is 1.26 bits per heavy atom. The van der Waals surface area contributed by atoms with Crippen LogP contribution in [-0.4, -0.2) is 21.7 Å². The van der Waals surface area contributed by atoms with Crippen molar-refractivity contribution in [3.05, 3.63) is 41.7 Å². The second-order valence-electron chi connectivity index (χ2n) is 3.80. The lowest BCUT2D eigenvalue weighted by atomic mass is 10.2. The van der Waals surface area contributed by atoms with E-state index in [4.69, 9.17) is 0 Å². The van der Waals surface area contributed by atoms with Crippen molar-refractivity contribution in [2.24, 2.45) is 0 Å². The number of hydrogen-bond acceptors (Lipinski definition) is 3. The third kappa shape index (κ3) is 3.43. The summed E-state index contributed by atoms with van der Waals surface area (Å²) in [5.74, 6) is -0.327. The van der Waals surface area contributed by atoms with Crippen LogP contribution in [0.5, 0.6) is 0 Å². The summed E-state index contributed by atoms with van der Waals surface area (Å²) in [6, 6.07) is 2.37. The summed E-state index contributed by atoms with van der Waals surface area (Å²) in [5.41, 5.74) is -0.988. The highest BCUT2D eigenvalue weighted by atomic mass is 19.4. The zero-order chi connectivity index (χ0) is 13.9. The summed E-state index contributed by atoms with van der Waals surface area (Å²) < 4.78 is 50.4. The second-order valence-corrected chi connectivity index (χ2v) is 3.80. The van der Waals surface area contributed by atoms with Gasteiger partial charge in [0.1, 0.15) is 18.0 Å². The standard InChI is InChI=1S/C11H10F4N4/c12-8-5-7(11(13,14)15)1-2-9(8)16-4-3-10-17-6-18-19-10/h1-2,5-6,16H,3-4H2,(H,17,18,19). The normalized spacial score (nSPS) is 11.6. The molecule has 19 heavy (non-hydrogen) atoms. The Morgan fingerprint density at radius 3 is 2.63 bits per heavy atom. The zero-order valence-electron chi connectivity index (χ0n) is 9.63. The molecule has 0 saturated heterocycles. The second kappa shape index (κ2) is 5.25. The lowest BCUT2D eigenvalue weighted by molar-refractivity contribution is -0.137. The minimum absolute atomic E-state index is 0.0208. The molecule has 0 saturated carbocycles. The Balaban J connectivity index is 1.97. The zero-order valence-corrected chi connectivity index (χ0v) is 9.63. The van der Waals surface area contributed by atoms with Crippen LogP contribution in [0.1, 0.15) is 11.4 Å². The molecule has 0 unspecified atom stereocenters. The van der Waals surface area contributed by atoms with Crippen molar-refractivity contribution in [2.75, 3.05) is 11.9 Å². The number of H-pyrrole nitrogens is 1. The smallest absolute Gasteiger partial charge is 0.382 e. The number of hydrogen-bond donors (Lipinski definition) is 2. The largest absolute Gasteiger partial charge is 0.416 e. The predicted octanol–water partition coefficient (Wildman–Crippen LogP) is 2.62. The summed E-state index contributed by atoms with van der Waals surface area (Å²) in [6.07, 6.45) is -2.74. The topological polar surface area (TPSA) is 53.6 Å². The van der Waals surface area contributed by atoms with Gasteiger partial charge in [0.15, 0.2) is 0 Å². The SMILES string of the molecule is Fc1cc(C(F)(F)F)ccc1NCCc1ncn[nH]1. The molecule has 0 fully saturated rings. The average molecular weight is 274 g/mol. The summed E-state index contributed by atoms with van der Waals surface area (Å²) in [7, 11) is 0. The van der Waals surface area contributed by atoms with Crippen LogP contribution in [0.2, 0.25) is 0 Å². The highest BCUT2D eigenvalue weighted by molar-refractivity contribution is 5.46. The fourth-order valence-electron chi connectivity index (χ4n) is 1.50. The monoisotopic (exact) mass is 274 g/mol. The molecule has 0 spiro atoms. The first-order chi connectivity index (χ1) is 8.97. The molecule has 1 aromatic heterocycles. The maximum absolute atomic E-state index is 13.4. The third-order valence-electron chi connectivity index (χ3n) is 2.44. The predicted molar refractivity (Wildman–Crippen MR) is 60.0 cm³/mol. The Morgan fingerprint density at radius 2 is 2.05 bits per heavy atom. The van der Waals surface area contributed by atoms with Gasteiger partial charge in [-0.2, -0.15) is 18.3 Å². The molecule has 8 heteroatoms. The molecule has 1 heterocycles. The van der Waals surface area contributed by atoms with Gasteiger partial charge >= 0.3 is 6.18 Å². The van der Waals surface area contributed by atoms with Gasteiger partial charge < -0.3 is 5.32 Å². The van der Waals surface area contributed by atoms with Crippen molar-refractivity contribution in [3.63, 3.8) is 0 Å². The molecule has 0 atom stereocenters. The van der Waals surface area contributed by atoms with Gasteiger partial charge in [-0.3, -0.25) is 5.10 Å². The molecular weight excluding hydrogens is 264 g/mol. The number of aromatic nitrogens is 3.